The fourth-order valence-electron chi connectivity index (χ4n) is 3.38. The van der Waals surface area contributed by atoms with Crippen LogP contribution in [0.5, 0.6) is 0 Å². The summed E-state index contributed by atoms with van der Waals surface area (Å²) in [6.07, 6.45) is -1.90. The van der Waals surface area contributed by atoms with Crippen molar-refractivity contribution in [3.05, 3.63) is 35.9 Å². The van der Waals surface area contributed by atoms with E-state index in [0.717, 1.165) is 29.4 Å². The molecule has 0 spiro atoms. The standard InChI is InChI=1S/C18H19F5N4O3S/c1-31(29,30)13-6-12(7-24-8-13)26-16(28)15-14(18(21,22)23)9-25-27(15)10-11-2-4-17(19,20)5-3-11/h6-9,11H,2-5,10H2,1H3,(H,26,28). The Bertz CT molecular complexity index is 1070. The number of hydrogen-bond acceptors (Lipinski definition) is 5. The number of rotatable bonds is 5. The van der Waals surface area contributed by atoms with Gasteiger partial charge in [-0.2, -0.15) is 18.3 Å². The Hall–Kier alpha value is -2.57. The fourth-order valence-corrected chi connectivity index (χ4v) is 3.97. The third kappa shape index (κ3) is 5.57. The van der Waals surface area contributed by atoms with Crippen LogP contribution in [-0.4, -0.2) is 41.3 Å². The number of alkyl halides is 5. The molecule has 0 atom stereocenters. The molecule has 1 aliphatic rings. The monoisotopic (exact) mass is 466 g/mol. The number of halogens is 5. The quantitative estimate of drug-likeness (QED) is 0.677. The van der Waals surface area contributed by atoms with E-state index in [0.29, 0.717) is 6.20 Å². The van der Waals surface area contributed by atoms with Crippen molar-refractivity contribution >= 4 is 21.4 Å². The Labute approximate surface area is 174 Å². The van der Waals surface area contributed by atoms with Crippen LogP contribution in [-0.2, 0) is 22.6 Å². The van der Waals surface area contributed by atoms with Gasteiger partial charge in [-0.1, -0.05) is 0 Å². The number of anilines is 1. The van der Waals surface area contributed by atoms with Crippen LogP contribution in [0.25, 0.3) is 0 Å². The molecule has 0 bridgehead atoms. The van der Waals surface area contributed by atoms with Crippen LogP contribution in [0, 0.1) is 5.92 Å². The second-order valence-electron chi connectivity index (χ2n) is 7.52. The zero-order valence-electron chi connectivity index (χ0n) is 16.3. The molecule has 1 saturated carbocycles. The van der Waals surface area contributed by atoms with E-state index in [9.17, 15) is 35.2 Å². The van der Waals surface area contributed by atoms with Crippen molar-refractivity contribution in [2.24, 2.45) is 5.92 Å². The molecule has 0 aliphatic heterocycles. The van der Waals surface area contributed by atoms with Crippen LogP contribution in [0.4, 0.5) is 27.6 Å². The molecule has 1 fully saturated rings. The highest BCUT2D eigenvalue weighted by Gasteiger charge is 2.40. The molecule has 0 unspecified atom stereocenters. The molecule has 0 radical (unpaired) electrons. The molecule has 0 aromatic carbocycles. The molecule has 1 N–H and O–H groups in total. The van der Waals surface area contributed by atoms with E-state index in [1.165, 1.54) is 0 Å². The van der Waals surface area contributed by atoms with Gasteiger partial charge in [-0.3, -0.25) is 14.5 Å². The molecular formula is C18H19F5N4O3S. The first-order chi connectivity index (χ1) is 14.3. The SMILES string of the molecule is CS(=O)(=O)c1cncc(NC(=O)c2c(C(F)(F)F)cnn2CC2CCC(F)(F)CC2)c1. The van der Waals surface area contributed by atoms with Crippen molar-refractivity contribution in [1.82, 2.24) is 14.8 Å². The van der Waals surface area contributed by atoms with Crippen LogP contribution < -0.4 is 5.32 Å². The first-order valence-electron chi connectivity index (χ1n) is 9.23. The normalized spacial score (nSPS) is 17.5. The van der Waals surface area contributed by atoms with Gasteiger partial charge in [0.25, 0.3) is 5.91 Å². The molecule has 2 aromatic heterocycles. The number of hydrogen-bond donors (Lipinski definition) is 1. The maximum absolute atomic E-state index is 13.4. The van der Waals surface area contributed by atoms with E-state index in [-0.39, 0.29) is 48.7 Å². The molecule has 7 nitrogen and oxygen atoms in total. The zero-order valence-corrected chi connectivity index (χ0v) is 17.1. The van der Waals surface area contributed by atoms with Crippen molar-refractivity contribution in [3.63, 3.8) is 0 Å². The molecule has 170 valence electrons. The van der Waals surface area contributed by atoms with Gasteiger partial charge in [-0.25, -0.2) is 17.2 Å². The van der Waals surface area contributed by atoms with E-state index in [4.69, 9.17) is 0 Å². The first-order valence-corrected chi connectivity index (χ1v) is 11.1. The Morgan fingerprint density at radius 1 is 1.23 bits per heavy atom. The van der Waals surface area contributed by atoms with Crippen LogP contribution >= 0.6 is 0 Å². The Kier molecular flexibility index (Phi) is 6.09. The molecule has 2 heterocycles. The van der Waals surface area contributed by atoms with Crippen molar-refractivity contribution in [1.29, 1.82) is 0 Å². The van der Waals surface area contributed by atoms with Gasteiger partial charge in [0.1, 0.15) is 11.3 Å². The predicted molar refractivity (Wildman–Crippen MR) is 99.4 cm³/mol. The average molecular weight is 466 g/mol. The molecule has 2 aromatic rings. The Balaban J connectivity index is 1.88. The van der Waals surface area contributed by atoms with Crippen LogP contribution in [0.2, 0.25) is 0 Å². The summed E-state index contributed by atoms with van der Waals surface area (Å²) in [5.41, 5.74) is -2.18. The molecule has 1 aliphatic carbocycles. The third-order valence-corrected chi connectivity index (χ3v) is 6.11. The minimum absolute atomic E-state index is 0.0929. The lowest BCUT2D eigenvalue weighted by atomic mass is 9.87. The van der Waals surface area contributed by atoms with Gasteiger partial charge in [0.2, 0.25) is 5.92 Å². The van der Waals surface area contributed by atoms with Gasteiger partial charge in [-0.05, 0) is 24.8 Å². The summed E-state index contributed by atoms with van der Waals surface area (Å²) in [7, 11) is -3.66. The number of nitrogens with one attached hydrogen (secondary N) is 1. The third-order valence-electron chi connectivity index (χ3n) is 5.03. The van der Waals surface area contributed by atoms with Crippen LogP contribution in [0.15, 0.2) is 29.6 Å². The van der Waals surface area contributed by atoms with Gasteiger partial charge in [0, 0.05) is 31.8 Å². The van der Waals surface area contributed by atoms with Crippen LogP contribution in [0.1, 0.15) is 41.7 Å². The molecule has 1 amide bonds. The van der Waals surface area contributed by atoms with E-state index in [1.807, 2.05) is 0 Å². The van der Waals surface area contributed by atoms with Crippen LogP contribution in [0.3, 0.4) is 0 Å². The minimum Gasteiger partial charge on any atom is -0.319 e. The number of nitrogens with zero attached hydrogens (tertiary/aromatic N) is 3. The molecule has 31 heavy (non-hydrogen) atoms. The lowest BCUT2D eigenvalue weighted by molar-refractivity contribution is -0.138. The second-order valence-corrected chi connectivity index (χ2v) is 9.54. The van der Waals surface area contributed by atoms with Gasteiger partial charge < -0.3 is 5.32 Å². The number of amides is 1. The number of sulfone groups is 1. The summed E-state index contributed by atoms with van der Waals surface area (Å²) in [4.78, 5) is 16.2. The van der Waals surface area contributed by atoms with Crippen molar-refractivity contribution in [2.45, 2.75) is 49.2 Å². The average Bonchev–Trinajstić information content (AvgIpc) is 3.07. The summed E-state index contributed by atoms with van der Waals surface area (Å²) in [6.45, 7) is -0.128. The van der Waals surface area contributed by atoms with Gasteiger partial charge in [0.15, 0.2) is 9.84 Å². The van der Waals surface area contributed by atoms with Gasteiger partial charge in [0.05, 0.1) is 23.0 Å². The summed E-state index contributed by atoms with van der Waals surface area (Å²) in [5.74, 6) is -4.32. The second kappa shape index (κ2) is 8.17. The topological polar surface area (TPSA) is 93.9 Å². The zero-order chi connectivity index (χ0) is 23.0. The summed E-state index contributed by atoms with van der Waals surface area (Å²) >= 11 is 0. The summed E-state index contributed by atoms with van der Waals surface area (Å²) < 4.78 is 91.2. The van der Waals surface area contributed by atoms with Crippen molar-refractivity contribution in [2.75, 3.05) is 11.6 Å². The predicted octanol–water partition coefficient (Wildman–Crippen LogP) is 3.78. The van der Waals surface area contributed by atoms with Crippen molar-refractivity contribution < 1.29 is 35.2 Å². The Morgan fingerprint density at radius 2 is 1.87 bits per heavy atom. The number of aromatic nitrogens is 3. The molecule has 0 saturated heterocycles. The molecular weight excluding hydrogens is 447 g/mol. The Morgan fingerprint density at radius 3 is 2.45 bits per heavy atom. The highest BCUT2D eigenvalue weighted by atomic mass is 32.2. The number of pyridine rings is 1. The van der Waals surface area contributed by atoms with Crippen molar-refractivity contribution in [3.8, 4) is 0 Å². The molecule has 3 rings (SSSR count). The largest absolute Gasteiger partial charge is 0.420 e. The lowest BCUT2D eigenvalue weighted by Crippen LogP contribution is -2.29. The highest BCUT2D eigenvalue weighted by Crippen LogP contribution is 2.38. The molecule has 13 heteroatoms. The van der Waals surface area contributed by atoms with E-state index in [1.54, 1.807) is 0 Å². The summed E-state index contributed by atoms with van der Waals surface area (Å²) in [5, 5.41) is 5.88. The maximum Gasteiger partial charge on any atom is 0.420 e. The summed E-state index contributed by atoms with van der Waals surface area (Å²) in [6, 6.07) is 1.07. The van der Waals surface area contributed by atoms with E-state index >= 15 is 0 Å². The maximum atomic E-state index is 13.4. The van der Waals surface area contributed by atoms with E-state index in [2.05, 4.69) is 15.4 Å². The highest BCUT2D eigenvalue weighted by molar-refractivity contribution is 7.90. The number of carbonyl (C=O) groups excluding carboxylic acids is 1. The first kappa shape index (κ1) is 23.1. The smallest absolute Gasteiger partial charge is 0.319 e. The van der Waals surface area contributed by atoms with E-state index < -0.39 is 39.1 Å². The van der Waals surface area contributed by atoms with Gasteiger partial charge >= 0.3 is 6.18 Å². The number of carbonyl (C=O) groups is 1. The fraction of sp³-hybridized carbons (Fsp3) is 0.500. The lowest BCUT2D eigenvalue weighted by Gasteiger charge is -2.28. The van der Waals surface area contributed by atoms with Gasteiger partial charge in [-0.15, -0.1) is 0 Å². The minimum atomic E-state index is -4.88.